The smallest absolute Gasteiger partial charge is 0.347 e. The van der Waals surface area contributed by atoms with E-state index in [-0.39, 0.29) is 18.2 Å². The molecule has 3 aliphatic heterocycles. The van der Waals surface area contributed by atoms with Gasteiger partial charge < -0.3 is 23.7 Å². The largest absolute Gasteiger partial charge is 0.413 e. The predicted octanol–water partition coefficient (Wildman–Crippen LogP) is -2.14. The Kier molecular flexibility index (Phi) is 16.3. The molecule has 12 atom stereocenters. The van der Waals surface area contributed by atoms with Gasteiger partial charge >= 0.3 is 52.0 Å². The van der Waals surface area contributed by atoms with Crippen LogP contribution in [0.2, 0.25) is 0 Å². The third kappa shape index (κ3) is 14.5. The fourth-order valence-corrected chi connectivity index (χ4v) is 8.73. The number of hydroxylamine groups is 1. The fraction of sp³-hybridized carbons (Fsp3) is 0.909. The Balaban J connectivity index is 1.69. The van der Waals surface area contributed by atoms with Crippen molar-refractivity contribution >= 4 is 75.2 Å². The van der Waals surface area contributed by atoms with E-state index in [1.807, 2.05) is 0 Å². The van der Waals surface area contributed by atoms with Gasteiger partial charge in [-0.15, -0.1) is 28.3 Å². The first-order chi connectivity index (χ1) is 26.5. The zero-order chi connectivity index (χ0) is 43.6. The van der Waals surface area contributed by atoms with Gasteiger partial charge in [0.05, 0.1) is 48.9 Å². The number of hydrogen-bond donors (Lipinski definition) is 6. The topological polar surface area (TPSA) is 407 Å². The van der Waals surface area contributed by atoms with Crippen molar-refractivity contribution in [2.45, 2.75) is 119 Å². The summed E-state index contributed by atoms with van der Waals surface area (Å²) in [6.07, 6.45) is -13.8. The normalized spacial score (nSPS) is 34.3. The van der Waals surface area contributed by atoms with E-state index in [4.69, 9.17) is 51.1 Å². The maximum atomic E-state index is 12.1. The summed E-state index contributed by atoms with van der Waals surface area (Å²) in [5.74, 6) is -4.10. The molecule has 0 unspecified atom stereocenters. The van der Waals surface area contributed by atoms with Gasteiger partial charge in [0.2, 0.25) is 5.79 Å². The maximum Gasteiger partial charge on any atom is 0.413 e. The lowest BCUT2D eigenvalue weighted by molar-refractivity contribution is -0.349. The number of halogens is 2. The third-order valence-electron chi connectivity index (χ3n) is 8.15. The van der Waals surface area contributed by atoms with Gasteiger partial charge in [-0.25, -0.2) is 21.4 Å². The highest BCUT2D eigenvalue weighted by molar-refractivity contribution is 7.81. The molecule has 58 heavy (non-hydrogen) atoms. The minimum absolute atomic E-state index is 0.00888. The van der Waals surface area contributed by atoms with Crippen molar-refractivity contribution in [1.82, 2.24) is 20.5 Å². The van der Waals surface area contributed by atoms with Crippen LogP contribution in [0.4, 0.5) is 0 Å². The highest BCUT2D eigenvalue weighted by atomic mass is 35.5. The summed E-state index contributed by atoms with van der Waals surface area (Å²) < 4.78 is 216. The van der Waals surface area contributed by atoms with Crippen LogP contribution in [0.5, 0.6) is 0 Å². The highest BCUT2D eigenvalue weighted by Crippen LogP contribution is 2.42. The molecule has 3 saturated heterocycles. The predicted molar refractivity (Wildman–Crippen MR) is 182 cm³/mol. The van der Waals surface area contributed by atoms with E-state index in [1.165, 1.54) is 0 Å². The van der Waals surface area contributed by atoms with Crippen LogP contribution in [-0.4, -0.2) is 158 Å². The van der Waals surface area contributed by atoms with Crippen molar-refractivity contribution in [1.29, 1.82) is 0 Å². The molecule has 0 saturated carbocycles. The van der Waals surface area contributed by atoms with Gasteiger partial charge in [-0.3, -0.25) is 22.8 Å². The summed E-state index contributed by atoms with van der Waals surface area (Å²) in [7, 11) is -27.1. The molecule has 29 nitrogen and oxygen atoms in total. The summed E-state index contributed by atoms with van der Waals surface area (Å²) in [5, 5.41) is 5.97. The lowest BCUT2D eigenvalue weighted by atomic mass is 10.0. The van der Waals surface area contributed by atoms with Crippen LogP contribution in [0.3, 0.4) is 0 Å². The average Bonchev–Trinajstić information content (AvgIpc) is 3.62. The number of alkyl halides is 2. The Bertz CT molecular complexity index is 2130. The van der Waals surface area contributed by atoms with E-state index in [9.17, 15) is 64.9 Å². The van der Waals surface area contributed by atoms with Crippen molar-refractivity contribution in [2.75, 3.05) is 5.88 Å². The molecule has 4 heterocycles. The van der Waals surface area contributed by atoms with Crippen molar-refractivity contribution in [3.8, 4) is 0 Å². The summed E-state index contributed by atoms with van der Waals surface area (Å²) in [4.78, 5) is 0. The molecule has 3 fully saturated rings. The number of ether oxygens (including phenoxy) is 5. The molecule has 0 amide bonds. The van der Waals surface area contributed by atoms with Crippen LogP contribution in [0.15, 0.2) is 6.20 Å². The summed E-state index contributed by atoms with van der Waals surface area (Å²) in [5.41, 5.74) is 1.74. The standard InChI is InChI=1S/C22H36Cl2N4O25S5/c1-3-12-4-5-13(49-54(29,30)31)20(46-12)44-8-11-6-28(27-25-11)7-14-16(26-53-58(41,42)43)19(52-57(38,39)40)22(9-23,47-14)48-21-18(51-56(35,36)37)17(50-55(32,33)34)15(24)10(2)45-21/h6,10,12-21,26H,3-5,7-9H2,1-2H3,(H,29,30,31)(H,32,33,34)(H,35,36,37)(H,38,39,40)(H,41,42,43)/t10-,12-,13+,14-,15+,16-,17+,18-,19+,20+,21-,22+/m1/s1. The van der Waals surface area contributed by atoms with Crippen LogP contribution in [0, 0.1) is 0 Å². The first-order valence-electron chi connectivity index (χ1n) is 15.9. The Morgan fingerprint density at radius 1 is 0.862 bits per heavy atom. The average molecular weight is 988 g/mol. The van der Waals surface area contributed by atoms with E-state index in [1.54, 1.807) is 12.4 Å². The molecule has 0 spiro atoms. The Morgan fingerprint density at radius 3 is 2.02 bits per heavy atom. The number of nitrogens with one attached hydrogen (secondary N) is 1. The summed E-state index contributed by atoms with van der Waals surface area (Å²) in [6, 6.07) is -2.07. The first-order valence-corrected chi connectivity index (χ1v) is 23.7. The molecular weight excluding hydrogens is 951 g/mol. The second kappa shape index (κ2) is 19.1. The highest BCUT2D eigenvalue weighted by Gasteiger charge is 2.62. The van der Waals surface area contributed by atoms with Gasteiger partial charge in [-0.2, -0.15) is 51.9 Å². The SMILES string of the molecule is CC[C@@H]1CC[C@H](OS(=O)(=O)O)[C@@H](OCc2cn(C[C@H]3O[C@@](CCl)(O[C@H]4O[C@H](C)[C@H](Cl)[C@H](OS(=O)(=O)O)[C@H]4OS(=O)(=O)O)[C@@H](OS(=O)(=O)O)[C@@H]3NOS(=O)(=O)O)nn2)O1. The van der Waals surface area contributed by atoms with Crippen LogP contribution in [0.1, 0.15) is 38.8 Å². The van der Waals surface area contributed by atoms with Gasteiger partial charge in [0.1, 0.15) is 24.0 Å². The quantitative estimate of drug-likeness (QED) is 0.0461. The minimum Gasteiger partial charge on any atom is -0.347 e. The van der Waals surface area contributed by atoms with E-state index in [2.05, 4.69) is 27.1 Å². The third-order valence-corrected chi connectivity index (χ3v) is 11.3. The van der Waals surface area contributed by atoms with Gasteiger partial charge in [0.15, 0.2) is 24.8 Å². The molecule has 0 bridgehead atoms. The Morgan fingerprint density at radius 2 is 1.47 bits per heavy atom. The van der Waals surface area contributed by atoms with Crippen LogP contribution < -0.4 is 5.48 Å². The van der Waals surface area contributed by atoms with E-state index in [0.717, 1.165) is 17.8 Å². The number of hydrogen-bond acceptors (Lipinski definition) is 23. The molecule has 1 aromatic rings. The van der Waals surface area contributed by atoms with Crippen molar-refractivity contribution in [3.05, 3.63) is 11.9 Å². The van der Waals surface area contributed by atoms with Gasteiger partial charge in [0, 0.05) is 0 Å². The van der Waals surface area contributed by atoms with Crippen molar-refractivity contribution in [2.24, 2.45) is 0 Å². The molecule has 3 aliphatic rings. The summed E-state index contributed by atoms with van der Waals surface area (Å²) >= 11 is 12.3. The molecule has 4 rings (SSSR count). The van der Waals surface area contributed by atoms with Crippen LogP contribution in [-0.2, 0) is 110 Å². The minimum atomic E-state index is -5.66. The lowest BCUT2D eigenvalue weighted by Crippen LogP contribution is -2.62. The molecule has 0 radical (unpaired) electrons. The fourth-order valence-electron chi connectivity index (χ4n) is 5.89. The number of nitrogens with zero attached hydrogens (tertiary/aromatic N) is 3. The zero-order valence-electron chi connectivity index (χ0n) is 29.2. The molecule has 338 valence electrons. The second-order valence-corrected chi connectivity index (χ2v) is 18.4. The maximum absolute atomic E-state index is 12.1. The summed E-state index contributed by atoms with van der Waals surface area (Å²) in [6.45, 7) is 1.80. The molecule has 0 aliphatic carbocycles. The van der Waals surface area contributed by atoms with E-state index >= 15 is 0 Å². The first kappa shape index (κ1) is 49.5. The second-order valence-electron chi connectivity index (χ2n) is 12.4. The van der Waals surface area contributed by atoms with Gasteiger partial charge in [0.25, 0.3) is 0 Å². The van der Waals surface area contributed by atoms with Crippen LogP contribution in [0.25, 0.3) is 0 Å². The number of rotatable bonds is 20. The van der Waals surface area contributed by atoms with Gasteiger partial charge in [-0.05, 0) is 26.2 Å². The molecule has 36 heteroatoms. The number of aromatic nitrogens is 3. The van der Waals surface area contributed by atoms with Crippen molar-refractivity contribution < 1.29 is 110 Å². The van der Waals surface area contributed by atoms with Crippen molar-refractivity contribution in [3.63, 3.8) is 0 Å². The zero-order valence-corrected chi connectivity index (χ0v) is 34.8. The Labute approximate surface area is 340 Å². The van der Waals surface area contributed by atoms with E-state index in [0.29, 0.717) is 12.8 Å². The van der Waals surface area contributed by atoms with Crippen LogP contribution >= 0.6 is 23.2 Å². The van der Waals surface area contributed by atoms with E-state index < -0.39 is 137 Å². The molecule has 0 aromatic carbocycles. The van der Waals surface area contributed by atoms with Gasteiger partial charge in [-0.1, -0.05) is 12.1 Å². The molecule has 6 N–H and O–H groups in total. The molecular formula is C22H36Cl2N4O25S5. The lowest BCUT2D eigenvalue weighted by Gasteiger charge is -2.44. The Hall–Kier alpha value is -1.17. The molecule has 1 aromatic heterocycles. The monoisotopic (exact) mass is 986 g/mol.